The molecule has 0 saturated carbocycles. The summed E-state index contributed by atoms with van der Waals surface area (Å²) >= 11 is 0. The SMILES string of the molecule is CCC(=O)Nc1ccccc1N. The molecule has 0 unspecified atom stereocenters. The van der Waals surface area contributed by atoms with Crippen LogP contribution in [0.1, 0.15) is 13.3 Å². The smallest absolute Gasteiger partial charge is 0.224 e. The number of para-hydroxylation sites is 2. The second-order valence-corrected chi connectivity index (χ2v) is 2.49. The van der Waals surface area contributed by atoms with Gasteiger partial charge in [-0.15, -0.1) is 0 Å². The van der Waals surface area contributed by atoms with Gasteiger partial charge in [0.15, 0.2) is 0 Å². The van der Waals surface area contributed by atoms with Crippen LogP contribution in [-0.4, -0.2) is 5.91 Å². The Bertz CT molecular complexity index is 284. The Hall–Kier alpha value is -1.51. The second kappa shape index (κ2) is 3.76. The van der Waals surface area contributed by atoms with Crippen molar-refractivity contribution >= 4 is 17.3 Å². The number of amides is 1. The van der Waals surface area contributed by atoms with Gasteiger partial charge in [-0.1, -0.05) is 19.1 Å². The van der Waals surface area contributed by atoms with E-state index in [9.17, 15) is 4.79 Å². The van der Waals surface area contributed by atoms with Crippen molar-refractivity contribution in [2.24, 2.45) is 0 Å². The normalized spacial score (nSPS) is 9.42. The molecule has 3 nitrogen and oxygen atoms in total. The molecule has 0 fully saturated rings. The molecule has 3 N–H and O–H groups in total. The van der Waals surface area contributed by atoms with Crippen LogP contribution in [-0.2, 0) is 4.79 Å². The number of nitrogens with one attached hydrogen (secondary N) is 1. The topological polar surface area (TPSA) is 55.1 Å². The van der Waals surface area contributed by atoms with Gasteiger partial charge in [-0.05, 0) is 12.1 Å². The maximum Gasteiger partial charge on any atom is 0.224 e. The first-order valence-corrected chi connectivity index (χ1v) is 3.88. The van der Waals surface area contributed by atoms with Crippen molar-refractivity contribution in [3.63, 3.8) is 0 Å². The number of hydrogen-bond acceptors (Lipinski definition) is 2. The second-order valence-electron chi connectivity index (χ2n) is 2.49. The Kier molecular flexibility index (Phi) is 2.69. The lowest BCUT2D eigenvalue weighted by atomic mass is 10.2. The monoisotopic (exact) mass is 164 g/mol. The number of carbonyl (C=O) groups is 1. The Labute approximate surface area is 71.6 Å². The zero-order valence-corrected chi connectivity index (χ0v) is 7.00. The third-order valence-corrected chi connectivity index (χ3v) is 1.56. The van der Waals surface area contributed by atoms with E-state index in [1.54, 1.807) is 19.1 Å². The van der Waals surface area contributed by atoms with E-state index in [1.807, 2.05) is 12.1 Å². The number of benzene rings is 1. The summed E-state index contributed by atoms with van der Waals surface area (Å²) in [6.45, 7) is 1.80. The Balaban J connectivity index is 2.75. The first-order chi connectivity index (χ1) is 5.74. The molecule has 0 heterocycles. The first-order valence-electron chi connectivity index (χ1n) is 3.88. The molecule has 1 aromatic carbocycles. The van der Waals surface area contributed by atoms with Crippen molar-refractivity contribution in [2.75, 3.05) is 11.1 Å². The summed E-state index contributed by atoms with van der Waals surface area (Å²) < 4.78 is 0. The molecule has 0 aromatic heterocycles. The highest BCUT2D eigenvalue weighted by atomic mass is 16.1. The van der Waals surface area contributed by atoms with Crippen molar-refractivity contribution in [1.82, 2.24) is 0 Å². The summed E-state index contributed by atoms with van der Waals surface area (Å²) in [5.74, 6) is -0.0205. The Morgan fingerprint density at radius 3 is 2.75 bits per heavy atom. The van der Waals surface area contributed by atoms with Crippen LogP contribution in [0, 0.1) is 0 Å². The van der Waals surface area contributed by atoms with Crippen LogP contribution in [0.5, 0.6) is 0 Å². The third-order valence-electron chi connectivity index (χ3n) is 1.56. The predicted molar refractivity (Wildman–Crippen MR) is 49.8 cm³/mol. The molecule has 3 heteroatoms. The summed E-state index contributed by atoms with van der Waals surface area (Å²) in [6, 6.07) is 7.20. The van der Waals surface area contributed by atoms with E-state index < -0.39 is 0 Å². The average molecular weight is 164 g/mol. The fraction of sp³-hybridized carbons (Fsp3) is 0.222. The van der Waals surface area contributed by atoms with Gasteiger partial charge < -0.3 is 11.1 Å². The fourth-order valence-electron chi connectivity index (χ4n) is 0.849. The molecule has 0 spiro atoms. The minimum atomic E-state index is -0.0205. The standard InChI is InChI=1S/C9H12N2O/c1-2-9(12)11-8-6-4-3-5-7(8)10/h3-6H,2,10H2,1H3,(H,11,12). The van der Waals surface area contributed by atoms with Gasteiger partial charge in [-0.3, -0.25) is 4.79 Å². The number of anilines is 2. The van der Waals surface area contributed by atoms with Crippen molar-refractivity contribution in [3.8, 4) is 0 Å². The molecule has 0 radical (unpaired) electrons. The minimum absolute atomic E-state index is 0.0205. The molecule has 12 heavy (non-hydrogen) atoms. The molecule has 1 aromatic rings. The van der Waals surface area contributed by atoms with Crippen LogP contribution >= 0.6 is 0 Å². The van der Waals surface area contributed by atoms with Gasteiger partial charge in [-0.25, -0.2) is 0 Å². The summed E-state index contributed by atoms with van der Waals surface area (Å²) in [6.07, 6.45) is 0.467. The lowest BCUT2D eigenvalue weighted by Gasteiger charge is -2.05. The highest BCUT2D eigenvalue weighted by Gasteiger charge is 2.00. The van der Waals surface area contributed by atoms with E-state index in [0.29, 0.717) is 17.8 Å². The van der Waals surface area contributed by atoms with Crippen molar-refractivity contribution in [2.45, 2.75) is 13.3 Å². The van der Waals surface area contributed by atoms with E-state index >= 15 is 0 Å². The number of nitrogen functional groups attached to an aromatic ring is 1. The van der Waals surface area contributed by atoms with E-state index in [4.69, 9.17) is 5.73 Å². The van der Waals surface area contributed by atoms with Crippen LogP contribution in [0.2, 0.25) is 0 Å². The van der Waals surface area contributed by atoms with Gasteiger partial charge in [0.1, 0.15) is 0 Å². The molecule has 0 saturated heterocycles. The van der Waals surface area contributed by atoms with Crippen molar-refractivity contribution in [3.05, 3.63) is 24.3 Å². The number of hydrogen-bond donors (Lipinski definition) is 2. The average Bonchev–Trinajstić information content (AvgIpc) is 2.09. The molecule has 0 aliphatic rings. The van der Waals surface area contributed by atoms with Crippen molar-refractivity contribution < 1.29 is 4.79 Å². The summed E-state index contributed by atoms with van der Waals surface area (Å²) in [7, 11) is 0. The van der Waals surface area contributed by atoms with Crippen LogP contribution in [0.25, 0.3) is 0 Å². The predicted octanol–water partition coefficient (Wildman–Crippen LogP) is 1.62. The quantitative estimate of drug-likeness (QED) is 0.652. The minimum Gasteiger partial charge on any atom is -0.397 e. The zero-order valence-electron chi connectivity index (χ0n) is 7.00. The van der Waals surface area contributed by atoms with Gasteiger partial charge in [0.25, 0.3) is 0 Å². The fourth-order valence-corrected chi connectivity index (χ4v) is 0.849. The third kappa shape index (κ3) is 1.99. The molecular weight excluding hydrogens is 152 g/mol. The maximum atomic E-state index is 11.0. The van der Waals surface area contributed by atoms with Gasteiger partial charge in [0, 0.05) is 6.42 Å². The van der Waals surface area contributed by atoms with E-state index in [1.165, 1.54) is 0 Å². The summed E-state index contributed by atoms with van der Waals surface area (Å²) in [5, 5.41) is 2.70. The van der Waals surface area contributed by atoms with Crippen LogP contribution < -0.4 is 11.1 Å². The van der Waals surface area contributed by atoms with Gasteiger partial charge in [-0.2, -0.15) is 0 Å². The first kappa shape index (κ1) is 8.59. The Morgan fingerprint density at radius 1 is 1.50 bits per heavy atom. The largest absolute Gasteiger partial charge is 0.397 e. The molecule has 0 atom stereocenters. The van der Waals surface area contributed by atoms with Crippen LogP contribution in [0.15, 0.2) is 24.3 Å². The summed E-state index contributed by atoms with van der Waals surface area (Å²) in [4.78, 5) is 11.0. The molecular formula is C9H12N2O. The lowest BCUT2D eigenvalue weighted by Crippen LogP contribution is -2.10. The molecule has 64 valence electrons. The Morgan fingerprint density at radius 2 is 2.17 bits per heavy atom. The number of rotatable bonds is 2. The zero-order chi connectivity index (χ0) is 8.97. The molecule has 1 rings (SSSR count). The van der Waals surface area contributed by atoms with Crippen molar-refractivity contribution in [1.29, 1.82) is 0 Å². The van der Waals surface area contributed by atoms with Gasteiger partial charge in [0.2, 0.25) is 5.91 Å². The molecule has 0 aliphatic heterocycles. The van der Waals surface area contributed by atoms with Gasteiger partial charge >= 0.3 is 0 Å². The maximum absolute atomic E-state index is 11.0. The van der Waals surface area contributed by atoms with E-state index in [-0.39, 0.29) is 5.91 Å². The lowest BCUT2D eigenvalue weighted by molar-refractivity contribution is -0.115. The molecule has 0 bridgehead atoms. The molecule has 0 aliphatic carbocycles. The van der Waals surface area contributed by atoms with Crippen LogP contribution in [0.4, 0.5) is 11.4 Å². The van der Waals surface area contributed by atoms with Crippen LogP contribution in [0.3, 0.4) is 0 Å². The van der Waals surface area contributed by atoms with E-state index in [0.717, 1.165) is 0 Å². The number of carbonyl (C=O) groups excluding carboxylic acids is 1. The summed E-state index contributed by atoms with van der Waals surface area (Å²) in [5.41, 5.74) is 6.89. The van der Waals surface area contributed by atoms with E-state index in [2.05, 4.69) is 5.32 Å². The van der Waals surface area contributed by atoms with Gasteiger partial charge in [0.05, 0.1) is 11.4 Å². The highest BCUT2D eigenvalue weighted by Crippen LogP contribution is 2.16. The molecule has 1 amide bonds. The highest BCUT2D eigenvalue weighted by molar-refractivity contribution is 5.93. The number of nitrogens with two attached hydrogens (primary N) is 1.